The van der Waals surface area contributed by atoms with E-state index in [0.29, 0.717) is 19.0 Å². The molecule has 0 aromatic carbocycles. The molecule has 0 spiro atoms. The Morgan fingerprint density at radius 2 is 2.16 bits per heavy atom. The standard InChI is InChI=1S/C13H19F3N2S/c14-13(15,16)12-4-3-11(19-12)9-18-7-1-2-10(8-18)5-6-17/h3-4,10H,1-2,5-9,17H2. The number of nitrogens with zero attached hydrogens (tertiary/aromatic N) is 1. The fourth-order valence-corrected chi connectivity index (χ4v) is 3.52. The molecular formula is C13H19F3N2S. The van der Waals surface area contributed by atoms with Gasteiger partial charge in [-0.3, -0.25) is 4.90 Å². The van der Waals surface area contributed by atoms with Gasteiger partial charge in [0.1, 0.15) is 4.88 Å². The molecular weight excluding hydrogens is 273 g/mol. The maximum Gasteiger partial charge on any atom is 0.425 e. The molecule has 0 radical (unpaired) electrons. The molecule has 1 aliphatic rings. The molecule has 19 heavy (non-hydrogen) atoms. The molecule has 2 nitrogen and oxygen atoms in total. The van der Waals surface area contributed by atoms with Gasteiger partial charge in [0.25, 0.3) is 0 Å². The molecule has 1 aromatic rings. The molecule has 0 bridgehead atoms. The summed E-state index contributed by atoms with van der Waals surface area (Å²) in [6.07, 6.45) is -0.907. The molecule has 1 aromatic heterocycles. The maximum atomic E-state index is 12.5. The molecule has 6 heteroatoms. The highest BCUT2D eigenvalue weighted by molar-refractivity contribution is 7.12. The van der Waals surface area contributed by atoms with Gasteiger partial charge in [0.05, 0.1) is 0 Å². The van der Waals surface area contributed by atoms with E-state index in [-0.39, 0.29) is 0 Å². The van der Waals surface area contributed by atoms with Gasteiger partial charge in [0.2, 0.25) is 0 Å². The van der Waals surface area contributed by atoms with E-state index in [1.807, 2.05) is 0 Å². The summed E-state index contributed by atoms with van der Waals surface area (Å²) in [5, 5.41) is 0. The first kappa shape index (κ1) is 14.8. The Balaban J connectivity index is 1.92. The highest BCUT2D eigenvalue weighted by Crippen LogP contribution is 2.35. The molecule has 2 heterocycles. The topological polar surface area (TPSA) is 29.3 Å². The molecule has 2 rings (SSSR count). The summed E-state index contributed by atoms with van der Waals surface area (Å²) >= 11 is 0.857. The van der Waals surface area contributed by atoms with Crippen LogP contribution in [0.2, 0.25) is 0 Å². The van der Waals surface area contributed by atoms with Crippen LogP contribution in [0, 0.1) is 5.92 Å². The van der Waals surface area contributed by atoms with Crippen molar-refractivity contribution in [3.63, 3.8) is 0 Å². The third-order valence-corrected chi connectivity index (χ3v) is 4.61. The third kappa shape index (κ3) is 4.19. The van der Waals surface area contributed by atoms with Crippen LogP contribution in [0.1, 0.15) is 29.0 Å². The first-order valence-electron chi connectivity index (χ1n) is 6.57. The molecule has 1 unspecified atom stereocenters. The van der Waals surface area contributed by atoms with Gasteiger partial charge in [-0.15, -0.1) is 11.3 Å². The van der Waals surface area contributed by atoms with Gasteiger partial charge in [-0.2, -0.15) is 13.2 Å². The number of hydrogen-bond acceptors (Lipinski definition) is 3. The zero-order valence-electron chi connectivity index (χ0n) is 10.7. The minimum atomic E-state index is -4.22. The zero-order valence-corrected chi connectivity index (χ0v) is 11.6. The van der Waals surface area contributed by atoms with Gasteiger partial charge >= 0.3 is 6.18 Å². The quantitative estimate of drug-likeness (QED) is 0.922. The molecule has 0 aliphatic carbocycles. The van der Waals surface area contributed by atoms with E-state index >= 15 is 0 Å². The summed E-state index contributed by atoms with van der Waals surface area (Å²) in [6, 6.07) is 2.78. The lowest BCUT2D eigenvalue weighted by molar-refractivity contribution is -0.134. The molecule has 2 N–H and O–H groups in total. The fourth-order valence-electron chi connectivity index (χ4n) is 2.60. The number of hydrogen-bond donors (Lipinski definition) is 1. The average molecular weight is 292 g/mol. The van der Waals surface area contributed by atoms with Gasteiger partial charge in [-0.1, -0.05) is 0 Å². The van der Waals surface area contributed by atoms with Crippen molar-refractivity contribution >= 4 is 11.3 Å². The van der Waals surface area contributed by atoms with Crippen LogP contribution in [0.5, 0.6) is 0 Å². The summed E-state index contributed by atoms with van der Waals surface area (Å²) in [4.78, 5) is 2.54. The highest BCUT2D eigenvalue weighted by Gasteiger charge is 2.32. The van der Waals surface area contributed by atoms with Crippen LogP contribution in [0.25, 0.3) is 0 Å². The van der Waals surface area contributed by atoms with Crippen LogP contribution in [-0.2, 0) is 12.7 Å². The van der Waals surface area contributed by atoms with E-state index in [1.165, 1.54) is 12.5 Å². The lowest BCUT2D eigenvalue weighted by atomic mass is 9.95. The predicted octanol–water partition coefficient (Wildman–Crippen LogP) is 3.33. The number of likely N-dealkylation sites (tertiary alicyclic amines) is 1. The summed E-state index contributed by atoms with van der Waals surface area (Å²) in [5.74, 6) is 0.598. The van der Waals surface area contributed by atoms with Crippen LogP contribution < -0.4 is 5.73 Å². The summed E-state index contributed by atoms with van der Waals surface area (Å²) < 4.78 is 37.6. The number of rotatable bonds is 4. The maximum absolute atomic E-state index is 12.5. The fraction of sp³-hybridized carbons (Fsp3) is 0.692. The second kappa shape index (κ2) is 6.24. The van der Waals surface area contributed by atoms with E-state index < -0.39 is 11.1 Å². The normalized spacial score (nSPS) is 21.8. The van der Waals surface area contributed by atoms with Gasteiger partial charge in [-0.05, 0) is 50.4 Å². The monoisotopic (exact) mass is 292 g/mol. The van der Waals surface area contributed by atoms with Crippen molar-refractivity contribution in [3.05, 3.63) is 21.9 Å². The van der Waals surface area contributed by atoms with Crippen LogP contribution >= 0.6 is 11.3 Å². The Bertz CT molecular complexity index is 401. The van der Waals surface area contributed by atoms with Crippen molar-refractivity contribution in [1.29, 1.82) is 0 Å². The van der Waals surface area contributed by atoms with Crippen LogP contribution in [-0.4, -0.2) is 24.5 Å². The second-order valence-electron chi connectivity index (χ2n) is 5.08. The number of thiophene rings is 1. The van der Waals surface area contributed by atoms with Gasteiger partial charge in [0, 0.05) is 18.0 Å². The highest BCUT2D eigenvalue weighted by atomic mass is 32.1. The van der Waals surface area contributed by atoms with Crippen LogP contribution in [0.4, 0.5) is 13.2 Å². The molecule has 0 amide bonds. The van der Waals surface area contributed by atoms with Crippen molar-refractivity contribution in [2.75, 3.05) is 19.6 Å². The molecule has 1 fully saturated rings. The largest absolute Gasteiger partial charge is 0.425 e. The number of piperidine rings is 1. The van der Waals surface area contributed by atoms with Crippen LogP contribution in [0.15, 0.2) is 12.1 Å². The predicted molar refractivity (Wildman–Crippen MR) is 71.0 cm³/mol. The minimum Gasteiger partial charge on any atom is -0.330 e. The zero-order chi connectivity index (χ0) is 13.9. The average Bonchev–Trinajstić information content (AvgIpc) is 2.78. The van der Waals surface area contributed by atoms with Crippen molar-refractivity contribution in [1.82, 2.24) is 4.90 Å². The van der Waals surface area contributed by atoms with Crippen molar-refractivity contribution < 1.29 is 13.2 Å². The lowest BCUT2D eigenvalue weighted by Crippen LogP contribution is -2.35. The van der Waals surface area contributed by atoms with Crippen molar-refractivity contribution in [3.8, 4) is 0 Å². The van der Waals surface area contributed by atoms with Gasteiger partial charge in [-0.25, -0.2) is 0 Å². The molecule has 108 valence electrons. The van der Waals surface area contributed by atoms with E-state index in [0.717, 1.165) is 42.1 Å². The van der Waals surface area contributed by atoms with E-state index in [9.17, 15) is 13.2 Å². The third-order valence-electron chi connectivity index (χ3n) is 3.50. The first-order valence-corrected chi connectivity index (χ1v) is 7.39. The Labute approximate surface area is 115 Å². The smallest absolute Gasteiger partial charge is 0.330 e. The Hall–Kier alpha value is -0.590. The summed E-state index contributed by atoms with van der Waals surface area (Å²) in [7, 11) is 0. The minimum absolute atomic E-state index is 0.502. The molecule has 0 saturated carbocycles. The number of nitrogens with two attached hydrogens (primary N) is 1. The second-order valence-corrected chi connectivity index (χ2v) is 6.25. The van der Waals surface area contributed by atoms with E-state index in [1.54, 1.807) is 6.07 Å². The Kier molecular flexibility index (Phi) is 4.86. The van der Waals surface area contributed by atoms with Crippen molar-refractivity contribution in [2.24, 2.45) is 11.7 Å². The van der Waals surface area contributed by atoms with Crippen LogP contribution in [0.3, 0.4) is 0 Å². The van der Waals surface area contributed by atoms with Gasteiger partial charge < -0.3 is 5.73 Å². The SMILES string of the molecule is NCCC1CCCN(Cc2ccc(C(F)(F)F)s2)C1. The molecule has 1 saturated heterocycles. The number of alkyl halides is 3. The molecule has 1 atom stereocenters. The molecule has 1 aliphatic heterocycles. The van der Waals surface area contributed by atoms with E-state index in [4.69, 9.17) is 5.73 Å². The Morgan fingerprint density at radius 1 is 1.37 bits per heavy atom. The summed E-state index contributed by atoms with van der Waals surface area (Å²) in [5.41, 5.74) is 5.57. The first-order chi connectivity index (χ1) is 8.99. The van der Waals surface area contributed by atoms with E-state index in [2.05, 4.69) is 4.90 Å². The van der Waals surface area contributed by atoms with Crippen molar-refractivity contribution in [2.45, 2.75) is 32.0 Å². The van der Waals surface area contributed by atoms with Gasteiger partial charge in [0.15, 0.2) is 0 Å². The Morgan fingerprint density at radius 3 is 2.79 bits per heavy atom. The lowest BCUT2D eigenvalue weighted by Gasteiger charge is -2.32. The number of halogens is 3. The summed E-state index contributed by atoms with van der Waals surface area (Å²) in [6.45, 7) is 3.24.